The lowest BCUT2D eigenvalue weighted by molar-refractivity contribution is 0.0997. The first kappa shape index (κ1) is 24.0. The second-order valence-corrected chi connectivity index (χ2v) is 10.4. The average Bonchev–Trinajstić information content (AvgIpc) is 3.12. The molecule has 2 aromatic carbocycles. The van der Waals surface area contributed by atoms with Crippen LogP contribution >= 0.6 is 11.3 Å². The Morgan fingerprint density at radius 3 is 2.25 bits per heavy atom. The number of carbonyl (C=O) groups is 1. The van der Waals surface area contributed by atoms with E-state index in [1.807, 2.05) is 23.6 Å². The van der Waals surface area contributed by atoms with Gasteiger partial charge in [-0.05, 0) is 45.0 Å². The minimum atomic E-state index is -3.62. The van der Waals surface area contributed by atoms with Gasteiger partial charge in [0.25, 0.3) is 5.91 Å². The fraction of sp³-hybridized carbons (Fsp3) is 0.364. The topological polar surface area (TPSA) is 90.2 Å². The number of fused-ring (bicyclic) bond motifs is 1. The number of nitrogens with zero attached hydrogens (tertiary/aromatic N) is 3. The molecule has 0 aliphatic carbocycles. The van der Waals surface area contributed by atoms with Gasteiger partial charge in [0.1, 0.15) is 0 Å². The smallest absolute Gasteiger partial charge is 0.279 e. The molecule has 172 valence electrons. The van der Waals surface area contributed by atoms with Gasteiger partial charge < -0.3 is 14.0 Å². The number of methoxy groups -OCH3 is 2. The van der Waals surface area contributed by atoms with Gasteiger partial charge in [-0.3, -0.25) is 4.79 Å². The zero-order valence-electron chi connectivity index (χ0n) is 18.9. The van der Waals surface area contributed by atoms with Crippen molar-refractivity contribution in [2.75, 3.05) is 21.3 Å². The van der Waals surface area contributed by atoms with Crippen LogP contribution in [-0.2, 0) is 16.6 Å². The zero-order chi connectivity index (χ0) is 23.6. The third-order valence-electron chi connectivity index (χ3n) is 5.21. The number of amides is 1. The highest BCUT2D eigenvalue weighted by Gasteiger charge is 2.23. The van der Waals surface area contributed by atoms with Gasteiger partial charge in [0, 0.05) is 37.3 Å². The van der Waals surface area contributed by atoms with Gasteiger partial charge in [-0.2, -0.15) is 9.30 Å². The van der Waals surface area contributed by atoms with E-state index in [0.717, 1.165) is 10.2 Å². The SMILES string of the molecule is CCn1c(=NC(=O)c2ccc(S(=O)(=O)N(C)C(C)C)cc2)sc2cc(OC)c(OC)cc21. The van der Waals surface area contributed by atoms with Crippen LogP contribution in [0.5, 0.6) is 11.5 Å². The summed E-state index contributed by atoms with van der Waals surface area (Å²) in [6.07, 6.45) is 0. The molecule has 3 rings (SSSR count). The highest BCUT2D eigenvalue weighted by atomic mass is 32.2. The normalized spacial score (nSPS) is 12.7. The molecule has 1 amide bonds. The molecule has 0 atom stereocenters. The molecule has 0 saturated heterocycles. The molecule has 8 nitrogen and oxygen atoms in total. The number of rotatable bonds is 7. The molecule has 10 heteroatoms. The Morgan fingerprint density at radius 2 is 1.72 bits per heavy atom. The molecular formula is C22H27N3O5S2. The number of sulfonamides is 1. The van der Waals surface area contributed by atoms with E-state index in [4.69, 9.17) is 9.47 Å². The highest BCUT2D eigenvalue weighted by Crippen LogP contribution is 2.33. The molecule has 3 aromatic rings. The first-order chi connectivity index (χ1) is 15.1. The molecule has 1 aromatic heterocycles. The first-order valence-electron chi connectivity index (χ1n) is 10.1. The molecule has 1 heterocycles. The van der Waals surface area contributed by atoms with Gasteiger partial charge in [0.05, 0.1) is 29.3 Å². The summed E-state index contributed by atoms with van der Waals surface area (Å²) in [5.74, 6) is 0.755. The van der Waals surface area contributed by atoms with Crippen LogP contribution < -0.4 is 14.3 Å². The van der Waals surface area contributed by atoms with Crippen molar-refractivity contribution in [3.05, 3.63) is 46.8 Å². The van der Waals surface area contributed by atoms with E-state index in [-0.39, 0.29) is 10.9 Å². The summed E-state index contributed by atoms with van der Waals surface area (Å²) in [6.45, 7) is 6.18. The van der Waals surface area contributed by atoms with E-state index in [9.17, 15) is 13.2 Å². The van der Waals surface area contributed by atoms with Crippen LogP contribution in [0.2, 0.25) is 0 Å². The van der Waals surface area contributed by atoms with Crippen LogP contribution in [0, 0.1) is 0 Å². The van der Waals surface area contributed by atoms with Gasteiger partial charge in [-0.1, -0.05) is 11.3 Å². The summed E-state index contributed by atoms with van der Waals surface area (Å²) < 4.78 is 40.1. The van der Waals surface area contributed by atoms with Gasteiger partial charge in [0.2, 0.25) is 10.0 Å². The lowest BCUT2D eigenvalue weighted by Crippen LogP contribution is -2.33. The zero-order valence-corrected chi connectivity index (χ0v) is 20.6. The van der Waals surface area contributed by atoms with Crippen molar-refractivity contribution in [3.63, 3.8) is 0 Å². The molecule has 0 fully saturated rings. The third kappa shape index (κ3) is 4.43. The fourth-order valence-electron chi connectivity index (χ4n) is 3.15. The van der Waals surface area contributed by atoms with Gasteiger partial charge >= 0.3 is 0 Å². The van der Waals surface area contributed by atoms with Gasteiger partial charge in [-0.15, -0.1) is 0 Å². The lowest BCUT2D eigenvalue weighted by atomic mass is 10.2. The average molecular weight is 478 g/mol. The second kappa shape index (κ2) is 9.43. The van der Waals surface area contributed by atoms with E-state index in [1.54, 1.807) is 28.1 Å². The summed E-state index contributed by atoms with van der Waals surface area (Å²) >= 11 is 1.37. The molecule has 0 bridgehead atoms. The number of aryl methyl sites for hydroxylation is 1. The van der Waals surface area contributed by atoms with E-state index < -0.39 is 15.9 Å². The Kier molecular flexibility index (Phi) is 7.06. The number of hydrogen-bond acceptors (Lipinski definition) is 6. The fourth-order valence-corrected chi connectivity index (χ4v) is 5.62. The number of thiazole rings is 1. The molecule has 0 aliphatic heterocycles. The third-order valence-corrected chi connectivity index (χ3v) is 8.30. The molecule has 32 heavy (non-hydrogen) atoms. The number of benzene rings is 2. The Balaban J connectivity index is 2.01. The van der Waals surface area contributed by atoms with E-state index in [1.165, 1.54) is 47.0 Å². The predicted molar refractivity (Wildman–Crippen MR) is 125 cm³/mol. The summed E-state index contributed by atoms with van der Waals surface area (Å²) in [7, 11) is 1.06. The van der Waals surface area contributed by atoms with Crippen molar-refractivity contribution in [3.8, 4) is 11.5 Å². The van der Waals surface area contributed by atoms with Crippen LogP contribution in [0.3, 0.4) is 0 Å². The van der Waals surface area contributed by atoms with Crippen molar-refractivity contribution >= 4 is 37.5 Å². The Labute approximate surface area is 191 Å². The van der Waals surface area contributed by atoms with Crippen molar-refractivity contribution in [2.24, 2.45) is 4.99 Å². The van der Waals surface area contributed by atoms with Gasteiger partial charge in [0.15, 0.2) is 16.3 Å². The quantitative estimate of drug-likeness (QED) is 0.519. The van der Waals surface area contributed by atoms with Crippen LogP contribution in [0.25, 0.3) is 10.2 Å². The maximum Gasteiger partial charge on any atom is 0.279 e. The van der Waals surface area contributed by atoms with E-state index >= 15 is 0 Å². The lowest BCUT2D eigenvalue weighted by Gasteiger charge is -2.20. The molecule has 0 radical (unpaired) electrons. The van der Waals surface area contributed by atoms with Crippen molar-refractivity contribution < 1.29 is 22.7 Å². The van der Waals surface area contributed by atoms with Gasteiger partial charge in [-0.25, -0.2) is 8.42 Å². The predicted octanol–water partition coefficient (Wildman–Crippen LogP) is 3.51. The molecule has 0 unspecified atom stereocenters. The number of carbonyl (C=O) groups excluding carboxylic acids is 1. The van der Waals surface area contributed by atoms with Crippen molar-refractivity contribution in [1.82, 2.24) is 8.87 Å². The number of hydrogen-bond donors (Lipinski definition) is 0. The largest absolute Gasteiger partial charge is 0.493 e. The maximum absolute atomic E-state index is 12.8. The standard InChI is InChI=1S/C22H27N3O5S2/c1-7-25-17-12-18(29-5)19(30-6)13-20(17)31-22(25)23-21(26)15-8-10-16(11-9-15)32(27,28)24(4)14(2)3/h8-14H,7H2,1-6H3. The first-order valence-corrected chi connectivity index (χ1v) is 12.3. The van der Waals surface area contributed by atoms with Crippen molar-refractivity contribution in [2.45, 2.75) is 38.3 Å². The Hall–Kier alpha value is -2.69. The minimum Gasteiger partial charge on any atom is -0.493 e. The van der Waals surface area contributed by atoms with E-state index in [2.05, 4.69) is 4.99 Å². The van der Waals surface area contributed by atoms with Crippen LogP contribution in [-0.4, -0.2) is 50.5 Å². The highest BCUT2D eigenvalue weighted by molar-refractivity contribution is 7.89. The summed E-state index contributed by atoms with van der Waals surface area (Å²) in [5.41, 5.74) is 1.20. The van der Waals surface area contributed by atoms with Crippen LogP contribution in [0.15, 0.2) is 46.3 Å². The summed E-state index contributed by atoms with van der Waals surface area (Å²) in [4.78, 5) is 17.8. The monoisotopic (exact) mass is 477 g/mol. The van der Waals surface area contributed by atoms with Crippen molar-refractivity contribution in [1.29, 1.82) is 0 Å². The van der Waals surface area contributed by atoms with Crippen LogP contribution in [0.4, 0.5) is 0 Å². The Morgan fingerprint density at radius 1 is 1.12 bits per heavy atom. The maximum atomic E-state index is 12.8. The molecule has 0 spiro atoms. The van der Waals surface area contributed by atoms with E-state index in [0.29, 0.717) is 28.4 Å². The second-order valence-electron chi connectivity index (χ2n) is 7.36. The van der Waals surface area contributed by atoms with Crippen LogP contribution in [0.1, 0.15) is 31.1 Å². The minimum absolute atomic E-state index is 0.134. The molecule has 0 aliphatic rings. The molecular weight excluding hydrogens is 450 g/mol. The molecule has 0 N–H and O–H groups in total. The number of aromatic nitrogens is 1. The Bertz CT molecular complexity index is 1310. The number of ether oxygens (including phenoxy) is 2. The summed E-state index contributed by atoms with van der Waals surface area (Å²) in [5, 5.41) is 0. The summed E-state index contributed by atoms with van der Waals surface area (Å²) in [6, 6.07) is 9.40. The molecule has 0 saturated carbocycles.